The Kier molecular flexibility index (Phi) is 2.93. The second kappa shape index (κ2) is 3.95. The molecular weight excluding hydrogens is 248 g/mol. The summed E-state index contributed by atoms with van der Waals surface area (Å²) >= 11 is 1.22. The van der Waals surface area contributed by atoms with Gasteiger partial charge in [0.1, 0.15) is 4.88 Å². The van der Waals surface area contributed by atoms with Gasteiger partial charge in [-0.2, -0.15) is 0 Å². The molecule has 100 valence electrons. The second-order valence-corrected chi connectivity index (χ2v) is 7.11. The Labute approximate surface area is 111 Å². The van der Waals surface area contributed by atoms with Gasteiger partial charge in [0.05, 0.1) is 5.69 Å². The van der Waals surface area contributed by atoms with Crippen LogP contribution in [0, 0.1) is 23.7 Å². The van der Waals surface area contributed by atoms with Crippen LogP contribution >= 0.6 is 11.3 Å². The van der Waals surface area contributed by atoms with E-state index >= 15 is 0 Å². The highest BCUT2D eigenvalue weighted by Gasteiger charge is 2.64. The molecule has 1 aromatic heterocycles. The molecule has 1 fully saturated rings. The molecule has 0 aromatic carbocycles. The maximum atomic E-state index is 10.9. The molecule has 2 rings (SSSR count). The number of carboxylic acid groups (broad SMARTS) is 1. The van der Waals surface area contributed by atoms with Gasteiger partial charge in [0.25, 0.3) is 0 Å². The van der Waals surface area contributed by atoms with E-state index in [1.807, 2.05) is 0 Å². The number of aryl methyl sites for hydroxylation is 1. The second-order valence-electron chi connectivity index (χ2n) is 6.12. The molecule has 0 unspecified atom stereocenters. The monoisotopic (exact) mass is 268 g/mol. The minimum absolute atomic E-state index is 0.326. The Hall–Kier alpha value is -1.10. The predicted octanol–water partition coefficient (Wildman–Crippen LogP) is 3.24. The quantitative estimate of drug-likeness (QED) is 0.880. The van der Waals surface area contributed by atoms with Crippen molar-refractivity contribution in [1.29, 1.82) is 0 Å². The third kappa shape index (κ3) is 1.90. The molecule has 0 spiro atoms. The van der Waals surface area contributed by atoms with Crippen molar-refractivity contribution in [1.82, 2.24) is 4.98 Å². The Morgan fingerprint density at radius 1 is 1.39 bits per heavy atom. The molecule has 0 saturated heterocycles. The summed E-state index contributed by atoms with van der Waals surface area (Å²) in [6, 6.07) is 0. The topological polar surface area (TPSA) is 62.2 Å². The van der Waals surface area contributed by atoms with Crippen LogP contribution in [0.15, 0.2) is 0 Å². The summed E-state index contributed by atoms with van der Waals surface area (Å²) in [6.07, 6.45) is 0. The van der Waals surface area contributed by atoms with Gasteiger partial charge in [-0.3, -0.25) is 0 Å². The van der Waals surface area contributed by atoms with Crippen LogP contribution in [0.25, 0.3) is 0 Å². The molecule has 4 nitrogen and oxygen atoms in total. The SMILES string of the molecule is Cc1nc(NCC2C(C)(C)C2(C)C)sc1C(=O)O. The molecule has 0 amide bonds. The Morgan fingerprint density at radius 3 is 2.33 bits per heavy atom. The molecule has 2 N–H and O–H groups in total. The first-order valence-electron chi connectivity index (χ1n) is 6.12. The van der Waals surface area contributed by atoms with Gasteiger partial charge in [-0.15, -0.1) is 0 Å². The van der Waals surface area contributed by atoms with E-state index in [1.54, 1.807) is 6.92 Å². The highest BCUT2D eigenvalue weighted by atomic mass is 32.1. The Balaban J connectivity index is 2.01. The average Bonchev–Trinajstić information content (AvgIpc) is 2.56. The summed E-state index contributed by atoms with van der Waals surface area (Å²) in [4.78, 5) is 15.5. The first-order valence-corrected chi connectivity index (χ1v) is 6.94. The molecule has 1 aliphatic rings. The Bertz CT molecular complexity index is 477. The number of aromatic nitrogens is 1. The van der Waals surface area contributed by atoms with Gasteiger partial charge in [0.15, 0.2) is 5.13 Å². The fourth-order valence-electron chi connectivity index (χ4n) is 2.70. The minimum atomic E-state index is -0.898. The number of aromatic carboxylic acids is 1. The summed E-state index contributed by atoms with van der Waals surface area (Å²) in [5, 5.41) is 13.0. The van der Waals surface area contributed by atoms with Gasteiger partial charge < -0.3 is 10.4 Å². The summed E-state index contributed by atoms with van der Waals surface area (Å²) in [7, 11) is 0. The van der Waals surface area contributed by atoms with E-state index in [9.17, 15) is 4.79 Å². The molecule has 1 saturated carbocycles. The van der Waals surface area contributed by atoms with Gasteiger partial charge in [0, 0.05) is 6.54 Å². The zero-order chi connectivity index (χ0) is 13.7. The fraction of sp³-hybridized carbons (Fsp3) is 0.692. The van der Waals surface area contributed by atoms with Crippen LogP contribution < -0.4 is 5.32 Å². The summed E-state index contributed by atoms with van der Waals surface area (Å²) in [6.45, 7) is 11.7. The number of nitrogens with one attached hydrogen (secondary N) is 1. The van der Waals surface area contributed by atoms with Crippen LogP contribution in [0.4, 0.5) is 5.13 Å². The zero-order valence-electron chi connectivity index (χ0n) is 11.5. The molecule has 18 heavy (non-hydrogen) atoms. The summed E-state index contributed by atoms with van der Waals surface area (Å²) < 4.78 is 0. The van der Waals surface area contributed by atoms with Gasteiger partial charge >= 0.3 is 5.97 Å². The summed E-state index contributed by atoms with van der Waals surface area (Å²) in [5.41, 5.74) is 1.26. The van der Waals surface area contributed by atoms with E-state index in [2.05, 4.69) is 38.0 Å². The van der Waals surface area contributed by atoms with Crippen LogP contribution in [-0.2, 0) is 0 Å². The number of carboxylic acids is 1. The highest BCUT2D eigenvalue weighted by Crippen LogP contribution is 2.68. The van der Waals surface area contributed by atoms with Crippen LogP contribution in [0.5, 0.6) is 0 Å². The molecule has 0 atom stereocenters. The van der Waals surface area contributed by atoms with Crippen molar-refractivity contribution in [3.8, 4) is 0 Å². The smallest absolute Gasteiger partial charge is 0.347 e. The van der Waals surface area contributed by atoms with Crippen LogP contribution in [0.2, 0.25) is 0 Å². The van der Waals surface area contributed by atoms with E-state index in [4.69, 9.17) is 5.11 Å². The van der Waals surface area contributed by atoms with Crippen molar-refractivity contribution in [2.24, 2.45) is 16.7 Å². The molecule has 0 bridgehead atoms. The fourth-order valence-corrected chi connectivity index (χ4v) is 3.52. The number of thiazole rings is 1. The molecular formula is C13H20N2O2S. The summed E-state index contributed by atoms with van der Waals surface area (Å²) in [5.74, 6) is -0.299. The maximum Gasteiger partial charge on any atom is 0.347 e. The van der Waals surface area contributed by atoms with Crippen LogP contribution in [0.1, 0.15) is 43.1 Å². The lowest BCUT2D eigenvalue weighted by molar-refractivity contribution is 0.0701. The molecule has 1 aromatic rings. The molecule has 5 heteroatoms. The number of hydrogen-bond acceptors (Lipinski definition) is 4. The van der Waals surface area contributed by atoms with Crippen molar-refractivity contribution in [2.45, 2.75) is 34.6 Å². The molecule has 1 aliphatic carbocycles. The predicted molar refractivity (Wildman–Crippen MR) is 73.4 cm³/mol. The van der Waals surface area contributed by atoms with Crippen molar-refractivity contribution in [3.63, 3.8) is 0 Å². The number of rotatable bonds is 4. The molecule has 1 heterocycles. The van der Waals surface area contributed by atoms with E-state index in [0.29, 0.717) is 32.5 Å². The number of carbonyl (C=O) groups is 1. The van der Waals surface area contributed by atoms with Crippen molar-refractivity contribution in [2.75, 3.05) is 11.9 Å². The van der Waals surface area contributed by atoms with Crippen molar-refractivity contribution in [3.05, 3.63) is 10.6 Å². The normalized spacial score (nSPS) is 20.7. The van der Waals surface area contributed by atoms with Gasteiger partial charge in [-0.05, 0) is 23.7 Å². The Morgan fingerprint density at radius 2 is 1.94 bits per heavy atom. The van der Waals surface area contributed by atoms with E-state index in [1.165, 1.54) is 11.3 Å². The number of anilines is 1. The lowest BCUT2D eigenvalue weighted by atomic mass is 10.0. The van der Waals surface area contributed by atoms with Gasteiger partial charge in [-0.25, -0.2) is 9.78 Å². The average molecular weight is 268 g/mol. The zero-order valence-corrected chi connectivity index (χ0v) is 12.3. The van der Waals surface area contributed by atoms with Gasteiger partial charge in [0.2, 0.25) is 0 Å². The van der Waals surface area contributed by atoms with Crippen LogP contribution in [-0.4, -0.2) is 22.6 Å². The van der Waals surface area contributed by atoms with Crippen molar-refractivity contribution < 1.29 is 9.90 Å². The van der Waals surface area contributed by atoms with E-state index in [0.717, 1.165) is 6.54 Å². The molecule has 0 radical (unpaired) electrons. The lowest BCUT2D eigenvalue weighted by Crippen LogP contribution is -2.07. The van der Waals surface area contributed by atoms with E-state index < -0.39 is 5.97 Å². The lowest BCUT2D eigenvalue weighted by Gasteiger charge is -2.04. The minimum Gasteiger partial charge on any atom is -0.477 e. The first-order chi connectivity index (χ1) is 8.18. The third-order valence-electron chi connectivity index (χ3n) is 4.77. The van der Waals surface area contributed by atoms with Gasteiger partial charge in [-0.1, -0.05) is 39.0 Å². The van der Waals surface area contributed by atoms with E-state index in [-0.39, 0.29) is 0 Å². The maximum absolute atomic E-state index is 10.9. The van der Waals surface area contributed by atoms with Crippen LogP contribution in [0.3, 0.4) is 0 Å². The first kappa shape index (κ1) is 13.3. The molecule has 0 aliphatic heterocycles. The highest BCUT2D eigenvalue weighted by molar-refractivity contribution is 7.17. The van der Waals surface area contributed by atoms with Crippen molar-refractivity contribution >= 4 is 22.4 Å². The standard InChI is InChI=1S/C13H20N2O2S/c1-7-9(10(16)17)18-11(15-7)14-6-8-12(2,3)13(8,4)5/h8H,6H2,1-5H3,(H,14,15)(H,16,17). The third-order valence-corrected chi connectivity index (χ3v) is 5.87. The number of nitrogens with zero attached hydrogens (tertiary/aromatic N) is 1. The largest absolute Gasteiger partial charge is 0.477 e. The number of hydrogen-bond donors (Lipinski definition) is 2.